The van der Waals surface area contributed by atoms with Gasteiger partial charge in [0.15, 0.2) is 0 Å². The quantitative estimate of drug-likeness (QED) is 0.221. The van der Waals surface area contributed by atoms with Gasteiger partial charge in [0.25, 0.3) is 0 Å². The molecule has 0 amide bonds. The van der Waals surface area contributed by atoms with E-state index >= 15 is 0 Å². The van der Waals surface area contributed by atoms with Gasteiger partial charge in [-0.2, -0.15) is 0 Å². The summed E-state index contributed by atoms with van der Waals surface area (Å²) in [4.78, 5) is 11.3. The van der Waals surface area contributed by atoms with Crippen LogP contribution in [0.2, 0.25) is 0 Å². The Bertz CT molecular complexity index is 287. The summed E-state index contributed by atoms with van der Waals surface area (Å²) in [6.45, 7) is 6.37. The molecule has 3 heteroatoms. The summed E-state index contributed by atoms with van der Waals surface area (Å²) >= 11 is 0. The third-order valence-corrected chi connectivity index (χ3v) is 5.94. The largest absolute Gasteiger partial charge is 0.550 e. The van der Waals surface area contributed by atoms with E-state index in [0.717, 1.165) is 12.8 Å². The van der Waals surface area contributed by atoms with Gasteiger partial charge < -0.3 is 16.1 Å². The Labute approximate surface area is 170 Å². The lowest BCUT2D eigenvalue weighted by molar-refractivity contribution is -0.312. The lowest BCUT2D eigenvalue weighted by Crippen LogP contribution is -2.34. The SMILES string of the molecule is CCCCCCCCCCC(CCCCCCCCCC)C(C)C(=O)[O-].[NH4+]. The number of hydrogen-bond acceptors (Lipinski definition) is 2. The smallest absolute Gasteiger partial charge is 0.0445 e. The predicted molar refractivity (Wildman–Crippen MR) is 118 cm³/mol. The molecule has 0 saturated heterocycles. The van der Waals surface area contributed by atoms with Crippen LogP contribution in [0.5, 0.6) is 0 Å². The van der Waals surface area contributed by atoms with E-state index in [-0.39, 0.29) is 12.1 Å². The monoisotopic (exact) mass is 385 g/mol. The third kappa shape index (κ3) is 18.6. The Balaban J connectivity index is 0. The van der Waals surface area contributed by atoms with Crippen LogP contribution in [0.25, 0.3) is 0 Å². The maximum Gasteiger partial charge on any atom is 0.0445 e. The summed E-state index contributed by atoms with van der Waals surface area (Å²) in [6, 6.07) is 0. The summed E-state index contributed by atoms with van der Waals surface area (Å²) in [5, 5.41) is 11.3. The molecule has 164 valence electrons. The molecule has 0 aliphatic heterocycles. The Morgan fingerprint density at radius 1 is 0.630 bits per heavy atom. The molecule has 1 atom stereocenters. The fourth-order valence-corrected chi connectivity index (χ4v) is 3.92. The average molecular weight is 386 g/mol. The van der Waals surface area contributed by atoms with Gasteiger partial charge >= 0.3 is 0 Å². The highest BCUT2D eigenvalue weighted by Gasteiger charge is 2.17. The van der Waals surface area contributed by atoms with Crippen LogP contribution in [0.15, 0.2) is 0 Å². The molecule has 0 heterocycles. The van der Waals surface area contributed by atoms with Crippen molar-refractivity contribution in [1.29, 1.82) is 0 Å². The van der Waals surface area contributed by atoms with Crippen LogP contribution < -0.4 is 11.3 Å². The molecule has 0 spiro atoms. The van der Waals surface area contributed by atoms with E-state index in [0.29, 0.717) is 5.92 Å². The highest BCUT2D eigenvalue weighted by atomic mass is 16.4. The summed E-state index contributed by atoms with van der Waals surface area (Å²) < 4.78 is 0. The van der Waals surface area contributed by atoms with Gasteiger partial charge in [-0.15, -0.1) is 0 Å². The molecule has 0 saturated carbocycles. The maximum absolute atomic E-state index is 11.3. The number of carboxylic acid groups (broad SMARTS) is 1. The van der Waals surface area contributed by atoms with Gasteiger partial charge in [-0.25, -0.2) is 0 Å². The lowest BCUT2D eigenvalue weighted by atomic mass is 9.84. The molecule has 0 radical (unpaired) electrons. The van der Waals surface area contributed by atoms with E-state index in [2.05, 4.69) is 13.8 Å². The zero-order valence-corrected chi connectivity index (χ0v) is 19.2. The average Bonchev–Trinajstić information content (AvgIpc) is 2.63. The first-order chi connectivity index (χ1) is 12.6. The van der Waals surface area contributed by atoms with Gasteiger partial charge in [0, 0.05) is 5.97 Å². The van der Waals surface area contributed by atoms with E-state index in [9.17, 15) is 9.90 Å². The molecule has 0 bridgehead atoms. The minimum Gasteiger partial charge on any atom is -0.550 e. The molecule has 0 aromatic carbocycles. The molecule has 27 heavy (non-hydrogen) atoms. The number of hydrogen-bond donors (Lipinski definition) is 1. The summed E-state index contributed by atoms with van der Waals surface area (Å²) in [6.07, 6.45) is 23.2. The number of carboxylic acids is 1. The van der Waals surface area contributed by atoms with Crippen LogP contribution in [0.1, 0.15) is 136 Å². The molecular weight excluding hydrogens is 334 g/mol. The molecule has 1 unspecified atom stereocenters. The van der Waals surface area contributed by atoms with Gasteiger partial charge in [0.2, 0.25) is 0 Å². The van der Waals surface area contributed by atoms with Gasteiger partial charge in [0.1, 0.15) is 0 Å². The van der Waals surface area contributed by atoms with Crippen molar-refractivity contribution in [3.8, 4) is 0 Å². The first-order valence-corrected chi connectivity index (χ1v) is 11.8. The Morgan fingerprint density at radius 2 is 0.926 bits per heavy atom. The summed E-state index contributed by atoms with van der Waals surface area (Å²) in [5.74, 6) is -0.821. The Kier molecular flexibility index (Phi) is 23.0. The third-order valence-electron chi connectivity index (χ3n) is 5.94. The second-order valence-corrected chi connectivity index (χ2v) is 8.39. The highest BCUT2D eigenvalue weighted by molar-refractivity contribution is 5.67. The molecule has 0 aliphatic rings. The molecule has 0 aromatic heterocycles. The predicted octanol–water partition coefficient (Wildman–Crippen LogP) is 7.43. The number of rotatable bonds is 20. The van der Waals surface area contributed by atoms with E-state index in [1.54, 1.807) is 0 Å². The van der Waals surface area contributed by atoms with Gasteiger partial charge in [-0.3, -0.25) is 0 Å². The van der Waals surface area contributed by atoms with Gasteiger partial charge in [0.05, 0.1) is 0 Å². The van der Waals surface area contributed by atoms with Crippen LogP contribution in [0.4, 0.5) is 0 Å². The lowest BCUT2D eigenvalue weighted by Gasteiger charge is -2.25. The zero-order chi connectivity index (χ0) is 19.5. The second kappa shape index (κ2) is 21.7. The maximum atomic E-state index is 11.3. The Hall–Kier alpha value is -0.570. The van der Waals surface area contributed by atoms with Gasteiger partial charge in [-0.1, -0.05) is 124 Å². The fraction of sp³-hybridized carbons (Fsp3) is 0.958. The minimum absolute atomic E-state index is 0. The van der Waals surface area contributed by atoms with Crippen molar-refractivity contribution in [2.75, 3.05) is 0 Å². The van der Waals surface area contributed by atoms with Crippen molar-refractivity contribution >= 4 is 5.97 Å². The van der Waals surface area contributed by atoms with Crippen LogP contribution in [-0.2, 0) is 4.79 Å². The summed E-state index contributed by atoms with van der Waals surface area (Å²) in [5.41, 5.74) is 0. The molecule has 0 fully saturated rings. The van der Waals surface area contributed by atoms with Crippen LogP contribution in [-0.4, -0.2) is 5.97 Å². The number of aliphatic carboxylic acids is 1. The van der Waals surface area contributed by atoms with Crippen LogP contribution in [0.3, 0.4) is 0 Å². The molecule has 0 rings (SSSR count). The van der Waals surface area contributed by atoms with Crippen molar-refractivity contribution in [2.24, 2.45) is 11.8 Å². The number of carbonyl (C=O) groups is 1. The zero-order valence-electron chi connectivity index (χ0n) is 19.2. The number of carbonyl (C=O) groups excluding carboxylic acids is 1. The molecular formula is C24H51NO2. The van der Waals surface area contributed by atoms with Crippen molar-refractivity contribution in [3.63, 3.8) is 0 Å². The van der Waals surface area contributed by atoms with E-state index in [4.69, 9.17) is 0 Å². The summed E-state index contributed by atoms with van der Waals surface area (Å²) in [7, 11) is 0. The fourth-order valence-electron chi connectivity index (χ4n) is 3.92. The van der Waals surface area contributed by atoms with Crippen molar-refractivity contribution in [3.05, 3.63) is 0 Å². The number of unbranched alkanes of at least 4 members (excludes halogenated alkanes) is 14. The molecule has 0 aromatic rings. The van der Waals surface area contributed by atoms with Crippen molar-refractivity contribution in [2.45, 2.75) is 136 Å². The van der Waals surface area contributed by atoms with E-state index in [1.165, 1.54) is 103 Å². The van der Waals surface area contributed by atoms with Crippen LogP contribution in [0, 0.1) is 11.8 Å². The second-order valence-electron chi connectivity index (χ2n) is 8.39. The minimum atomic E-state index is -0.853. The molecule has 4 N–H and O–H groups in total. The first kappa shape index (κ1) is 28.6. The molecule has 3 nitrogen and oxygen atoms in total. The van der Waals surface area contributed by atoms with E-state index in [1.807, 2.05) is 6.92 Å². The van der Waals surface area contributed by atoms with Crippen molar-refractivity contribution in [1.82, 2.24) is 6.15 Å². The molecule has 0 aliphatic carbocycles. The standard InChI is InChI=1S/C24H48O2.H3N/c1-4-6-8-10-12-14-16-18-20-23(22(3)24(25)26)21-19-17-15-13-11-9-7-5-2;/h22-23H,4-21H2,1-3H3,(H,25,26);1H3. The van der Waals surface area contributed by atoms with E-state index < -0.39 is 5.97 Å². The Morgan fingerprint density at radius 3 is 1.22 bits per heavy atom. The first-order valence-electron chi connectivity index (χ1n) is 11.8. The normalized spacial score (nSPS) is 12.1. The van der Waals surface area contributed by atoms with Gasteiger partial charge in [-0.05, 0) is 24.7 Å². The topological polar surface area (TPSA) is 76.6 Å². The highest BCUT2D eigenvalue weighted by Crippen LogP contribution is 2.26. The van der Waals surface area contributed by atoms with Crippen LogP contribution >= 0.6 is 0 Å². The van der Waals surface area contributed by atoms with Crippen molar-refractivity contribution < 1.29 is 9.90 Å². The number of quaternary nitrogens is 1.